The molecule has 2 amide bonds. The zero-order chi connectivity index (χ0) is 16.0. The summed E-state index contributed by atoms with van der Waals surface area (Å²) < 4.78 is 4.92. The minimum absolute atomic E-state index is 0.0677. The largest absolute Gasteiger partial charge is 0.481 e. The standard InChI is InChI=1S/C13H24N2O5/c1-12(2,3)11(19)14-7-9(16)15-13(4,8-20-5)6-10(17)18/h6-8H2,1-5H3,(H,14,19)(H,15,16)(H,17,18). The molecule has 0 bridgehead atoms. The fourth-order valence-corrected chi connectivity index (χ4v) is 1.59. The van der Waals surface area contributed by atoms with Crippen molar-refractivity contribution in [1.82, 2.24) is 10.6 Å². The molecule has 0 radical (unpaired) electrons. The summed E-state index contributed by atoms with van der Waals surface area (Å²) in [7, 11) is 1.42. The number of rotatable bonds is 7. The van der Waals surface area contributed by atoms with E-state index in [0.29, 0.717) is 0 Å². The molecular weight excluding hydrogens is 264 g/mol. The topological polar surface area (TPSA) is 105 Å². The van der Waals surface area contributed by atoms with E-state index in [-0.39, 0.29) is 25.5 Å². The molecule has 0 aliphatic heterocycles. The van der Waals surface area contributed by atoms with Gasteiger partial charge in [-0.1, -0.05) is 20.8 Å². The zero-order valence-corrected chi connectivity index (χ0v) is 12.7. The second kappa shape index (κ2) is 7.23. The Balaban J connectivity index is 4.48. The van der Waals surface area contributed by atoms with Crippen molar-refractivity contribution >= 4 is 17.8 Å². The van der Waals surface area contributed by atoms with E-state index >= 15 is 0 Å². The molecule has 0 saturated carbocycles. The third-order valence-corrected chi connectivity index (χ3v) is 2.54. The van der Waals surface area contributed by atoms with E-state index in [1.165, 1.54) is 7.11 Å². The first kappa shape index (κ1) is 18.4. The minimum Gasteiger partial charge on any atom is -0.481 e. The van der Waals surface area contributed by atoms with E-state index in [2.05, 4.69) is 10.6 Å². The number of carbonyl (C=O) groups is 3. The van der Waals surface area contributed by atoms with Gasteiger partial charge in [0.2, 0.25) is 11.8 Å². The molecule has 20 heavy (non-hydrogen) atoms. The Morgan fingerprint density at radius 3 is 2.10 bits per heavy atom. The summed E-state index contributed by atoms with van der Waals surface area (Å²) >= 11 is 0. The van der Waals surface area contributed by atoms with Gasteiger partial charge in [-0.2, -0.15) is 0 Å². The molecule has 1 unspecified atom stereocenters. The third kappa shape index (κ3) is 7.08. The number of aliphatic carboxylic acids is 1. The number of carboxylic acid groups (broad SMARTS) is 1. The molecule has 0 aliphatic rings. The first-order chi connectivity index (χ1) is 9.00. The van der Waals surface area contributed by atoms with Gasteiger partial charge in [0.15, 0.2) is 0 Å². The number of hydrogen-bond donors (Lipinski definition) is 3. The van der Waals surface area contributed by atoms with Crippen molar-refractivity contribution in [2.24, 2.45) is 5.41 Å². The summed E-state index contributed by atoms with van der Waals surface area (Å²) in [5.74, 6) is -1.74. The van der Waals surface area contributed by atoms with Crippen LogP contribution < -0.4 is 10.6 Å². The molecule has 0 spiro atoms. The molecule has 3 N–H and O–H groups in total. The summed E-state index contributed by atoms with van der Waals surface area (Å²) in [6.07, 6.45) is -0.264. The molecule has 0 heterocycles. The van der Waals surface area contributed by atoms with Gasteiger partial charge in [0, 0.05) is 12.5 Å². The summed E-state index contributed by atoms with van der Waals surface area (Å²) in [6.45, 7) is 6.65. The third-order valence-electron chi connectivity index (χ3n) is 2.54. The van der Waals surface area contributed by atoms with Crippen LogP contribution in [0.15, 0.2) is 0 Å². The van der Waals surface area contributed by atoms with E-state index in [0.717, 1.165) is 0 Å². The normalized spacial score (nSPS) is 14.2. The maximum atomic E-state index is 11.8. The first-order valence-electron chi connectivity index (χ1n) is 6.30. The highest BCUT2D eigenvalue weighted by Gasteiger charge is 2.30. The fourth-order valence-electron chi connectivity index (χ4n) is 1.59. The molecule has 0 aromatic rings. The van der Waals surface area contributed by atoms with Crippen molar-refractivity contribution in [3.05, 3.63) is 0 Å². The van der Waals surface area contributed by atoms with Gasteiger partial charge < -0.3 is 20.5 Å². The summed E-state index contributed by atoms with van der Waals surface area (Å²) in [4.78, 5) is 34.2. The number of ether oxygens (including phenoxy) is 1. The Morgan fingerprint density at radius 2 is 1.70 bits per heavy atom. The predicted molar refractivity (Wildman–Crippen MR) is 73.1 cm³/mol. The average molecular weight is 288 g/mol. The van der Waals surface area contributed by atoms with Crippen molar-refractivity contribution in [3.8, 4) is 0 Å². The van der Waals surface area contributed by atoms with E-state index in [4.69, 9.17) is 9.84 Å². The molecule has 7 heteroatoms. The molecular formula is C13H24N2O5. The minimum atomic E-state index is -1.04. The number of amides is 2. The van der Waals surface area contributed by atoms with E-state index in [9.17, 15) is 14.4 Å². The summed E-state index contributed by atoms with van der Waals surface area (Å²) in [5.41, 5.74) is -1.60. The van der Waals surface area contributed by atoms with Gasteiger partial charge in [0.25, 0.3) is 0 Å². The quantitative estimate of drug-likeness (QED) is 0.618. The fraction of sp³-hybridized carbons (Fsp3) is 0.769. The van der Waals surface area contributed by atoms with Crippen molar-refractivity contribution in [3.63, 3.8) is 0 Å². The van der Waals surface area contributed by atoms with Gasteiger partial charge in [0.1, 0.15) is 0 Å². The lowest BCUT2D eigenvalue weighted by molar-refractivity contribution is -0.140. The Bertz CT molecular complexity index is 375. The Hall–Kier alpha value is -1.63. The molecule has 116 valence electrons. The zero-order valence-electron chi connectivity index (χ0n) is 12.7. The lowest BCUT2D eigenvalue weighted by Crippen LogP contribution is -2.53. The van der Waals surface area contributed by atoms with Gasteiger partial charge >= 0.3 is 5.97 Å². The van der Waals surface area contributed by atoms with Gasteiger partial charge in [-0.25, -0.2) is 0 Å². The van der Waals surface area contributed by atoms with Crippen molar-refractivity contribution in [2.75, 3.05) is 20.3 Å². The van der Waals surface area contributed by atoms with Crippen LogP contribution in [-0.4, -0.2) is 48.7 Å². The number of methoxy groups -OCH3 is 1. The van der Waals surface area contributed by atoms with Crippen molar-refractivity contribution in [2.45, 2.75) is 39.7 Å². The highest BCUT2D eigenvalue weighted by atomic mass is 16.5. The van der Waals surface area contributed by atoms with Gasteiger partial charge in [-0.15, -0.1) is 0 Å². The highest BCUT2D eigenvalue weighted by Crippen LogP contribution is 2.12. The lowest BCUT2D eigenvalue weighted by atomic mass is 9.96. The Kier molecular flexibility index (Phi) is 6.64. The molecule has 1 atom stereocenters. The van der Waals surface area contributed by atoms with Crippen molar-refractivity contribution in [1.29, 1.82) is 0 Å². The van der Waals surface area contributed by atoms with Gasteiger partial charge in [0.05, 0.1) is 25.1 Å². The molecule has 0 rings (SSSR count). The van der Waals surface area contributed by atoms with Crippen LogP contribution in [0, 0.1) is 5.41 Å². The number of carboxylic acids is 1. The Morgan fingerprint density at radius 1 is 1.15 bits per heavy atom. The van der Waals surface area contributed by atoms with Crippen LogP contribution in [0.25, 0.3) is 0 Å². The smallest absolute Gasteiger partial charge is 0.305 e. The van der Waals surface area contributed by atoms with Crippen LogP contribution in [0.4, 0.5) is 0 Å². The molecule has 0 aromatic carbocycles. The molecule has 0 aromatic heterocycles. The predicted octanol–water partition coefficient (Wildman–Crippen LogP) is 0.145. The molecule has 7 nitrogen and oxygen atoms in total. The second-order valence-corrected chi connectivity index (χ2v) is 6.05. The number of hydrogen-bond acceptors (Lipinski definition) is 4. The Labute approximate surface area is 119 Å². The molecule has 0 aliphatic carbocycles. The lowest BCUT2D eigenvalue weighted by Gasteiger charge is -2.28. The van der Waals surface area contributed by atoms with Crippen molar-refractivity contribution < 1.29 is 24.2 Å². The number of carbonyl (C=O) groups excluding carboxylic acids is 2. The summed E-state index contributed by atoms with van der Waals surface area (Å²) in [6, 6.07) is 0. The van der Waals surface area contributed by atoms with Crippen LogP contribution in [0.1, 0.15) is 34.1 Å². The monoisotopic (exact) mass is 288 g/mol. The molecule has 0 saturated heterocycles. The SMILES string of the molecule is COCC(C)(CC(=O)O)NC(=O)CNC(=O)C(C)(C)C. The van der Waals surface area contributed by atoms with Gasteiger partial charge in [-0.3, -0.25) is 14.4 Å². The van der Waals surface area contributed by atoms with Crippen LogP contribution in [-0.2, 0) is 19.1 Å². The van der Waals surface area contributed by atoms with Crippen LogP contribution in [0.3, 0.4) is 0 Å². The average Bonchev–Trinajstić information content (AvgIpc) is 2.22. The first-order valence-corrected chi connectivity index (χ1v) is 6.30. The van der Waals surface area contributed by atoms with Crippen LogP contribution >= 0.6 is 0 Å². The van der Waals surface area contributed by atoms with E-state index < -0.39 is 22.8 Å². The van der Waals surface area contributed by atoms with E-state index in [1.54, 1.807) is 27.7 Å². The second-order valence-electron chi connectivity index (χ2n) is 6.05. The molecule has 0 fully saturated rings. The van der Waals surface area contributed by atoms with Crippen LogP contribution in [0.5, 0.6) is 0 Å². The van der Waals surface area contributed by atoms with Gasteiger partial charge in [-0.05, 0) is 6.92 Å². The highest BCUT2D eigenvalue weighted by molar-refractivity contribution is 5.87. The number of nitrogens with one attached hydrogen (secondary N) is 2. The maximum Gasteiger partial charge on any atom is 0.305 e. The van der Waals surface area contributed by atoms with E-state index in [1.807, 2.05) is 0 Å². The maximum absolute atomic E-state index is 11.8. The summed E-state index contributed by atoms with van der Waals surface area (Å²) in [5, 5.41) is 13.9. The van der Waals surface area contributed by atoms with Crippen LogP contribution in [0.2, 0.25) is 0 Å².